The maximum Gasteiger partial charge on any atom is 0.0598 e. The van der Waals surface area contributed by atoms with Crippen molar-refractivity contribution in [3.05, 3.63) is 51.5 Å². The van der Waals surface area contributed by atoms with Crippen molar-refractivity contribution < 1.29 is 0 Å². The molecule has 0 nitrogen and oxygen atoms in total. The molecule has 1 aromatic rings. The van der Waals surface area contributed by atoms with Crippen molar-refractivity contribution in [2.75, 3.05) is 0 Å². The lowest BCUT2D eigenvalue weighted by molar-refractivity contribution is 0.691. The van der Waals surface area contributed by atoms with Crippen molar-refractivity contribution in [2.24, 2.45) is 0 Å². The average molecular weight is 267 g/mol. The van der Waals surface area contributed by atoms with Crippen molar-refractivity contribution in [3.8, 4) is 0 Å². The Bertz CT molecular complexity index is 444. The van der Waals surface area contributed by atoms with Gasteiger partial charge in [0.25, 0.3) is 0 Å². The second kappa shape index (κ2) is 6.28. The SMILES string of the molecule is Clc1ccc(/C=C/CC2=CCCCC2)cc1Cl. The Kier molecular flexibility index (Phi) is 4.70. The molecule has 0 unspecified atom stereocenters. The molecule has 90 valence electrons. The fourth-order valence-electron chi connectivity index (χ4n) is 2.05. The highest BCUT2D eigenvalue weighted by atomic mass is 35.5. The van der Waals surface area contributed by atoms with Gasteiger partial charge in [0.15, 0.2) is 0 Å². The molecule has 0 amide bonds. The predicted molar refractivity (Wildman–Crippen MR) is 76.7 cm³/mol. The van der Waals surface area contributed by atoms with Crippen molar-refractivity contribution in [3.63, 3.8) is 0 Å². The van der Waals surface area contributed by atoms with Gasteiger partial charge in [0, 0.05) is 0 Å². The molecule has 0 N–H and O–H groups in total. The van der Waals surface area contributed by atoms with Crippen LogP contribution < -0.4 is 0 Å². The summed E-state index contributed by atoms with van der Waals surface area (Å²) in [6.07, 6.45) is 12.9. The molecule has 0 heterocycles. The average Bonchev–Trinajstić information content (AvgIpc) is 2.35. The molecule has 0 aromatic heterocycles. The topological polar surface area (TPSA) is 0 Å². The van der Waals surface area contributed by atoms with E-state index in [1.165, 1.54) is 25.7 Å². The van der Waals surface area contributed by atoms with Gasteiger partial charge in [0.05, 0.1) is 10.0 Å². The summed E-state index contributed by atoms with van der Waals surface area (Å²) in [5, 5.41) is 1.23. The quantitative estimate of drug-likeness (QED) is 0.598. The zero-order chi connectivity index (χ0) is 12.1. The van der Waals surface area contributed by atoms with Crippen LogP contribution in [-0.2, 0) is 0 Å². The predicted octanol–water partition coefficient (Wildman–Crippen LogP) is 5.90. The van der Waals surface area contributed by atoms with Crippen LogP contribution in [-0.4, -0.2) is 0 Å². The second-order valence-electron chi connectivity index (χ2n) is 4.39. The van der Waals surface area contributed by atoms with E-state index in [1.807, 2.05) is 18.2 Å². The van der Waals surface area contributed by atoms with Gasteiger partial charge in [-0.05, 0) is 49.8 Å². The third-order valence-electron chi connectivity index (χ3n) is 3.02. The maximum absolute atomic E-state index is 5.96. The first-order chi connectivity index (χ1) is 8.25. The van der Waals surface area contributed by atoms with Gasteiger partial charge in [-0.3, -0.25) is 0 Å². The lowest BCUT2D eigenvalue weighted by atomic mass is 9.97. The summed E-state index contributed by atoms with van der Waals surface area (Å²) in [7, 11) is 0. The lowest BCUT2D eigenvalue weighted by Crippen LogP contribution is -1.89. The summed E-state index contributed by atoms with van der Waals surface area (Å²) >= 11 is 11.8. The standard InChI is InChI=1S/C15H16Cl2/c16-14-10-9-13(11-15(14)17)8-4-7-12-5-2-1-3-6-12/h4-5,8-11H,1-3,6-7H2/b8-4+. The van der Waals surface area contributed by atoms with Crippen LogP contribution in [0.5, 0.6) is 0 Å². The number of hydrogen-bond donors (Lipinski definition) is 0. The van der Waals surface area contributed by atoms with Crippen LogP contribution in [0.4, 0.5) is 0 Å². The van der Waals surface area contributed by atoms with Gasteiger partial charge >= 0.3 is 0 Å². The minimum absolute atomic E-state index is 0.610. The normalized spacial score (nSPS) is 16.2. The Morgan fingerprint density at radius 3 is 2.71 bits per heavy atom. The van der Waals surface area contributed by atoms with Gasteiger partial charge < -0.3 is 0 Å². The molecule has 0 aliphatic heterocycles. The molecule has 1 aromatic carbocycles. The molecule has 0 bridgehead atoms. The van der Waals surface area contributed by atoms with Crippen LogP contribution in [0, 0.1) is 0 Å². The molecule has 0 saturated heterocycles. The van der Waals surface area contributed by atoms with Gasteiger partial charge in [-0.15, -0.1) is 0 Å². The Hall–Kier alpha value is -0.720. The molecule has 2 rings (SSSR count). The maximum atomic E-state index is 5.96. The monoisotopic (exact) mass is 266 g/mol. The first kappa shape index (κ1) is 12.7. The Morgan fingerprint density at radius 2 is 2.00 bits per heavy atom. The summed E-state index contributed by atoms with van der Waals surface area (Å²) in [4.78, 5) is 0. The number of halogens is 2. The van der Waals surface area contributed by atoms with E-state index in [4.69, 9.17) is 23.2 Å². The van der Waals surface area contributed by atoms with Crippen molar-refractivity contribution >= 4 is 29.3 Å². The highest BCUT2D eigenvalue weighted by Gasteiger charge is 2.01. The molecule has 1 aliphatic carbocycles. The zero-order valence-corrected chi connectivity index (χ0v) is 11.3. The minimum atomic E-state index is 0.610. The summed E-state index contributed by atoms with van der Waals surface area (Å²) in [5.74, 6) is 0. The molecular formula is C15H16Cl2. The summed E-state index contributed by atoms with van der Waals surface area (Å²) < 4.78 is 0. The van der Waals surface area contributed by atoms with Crippen LogP contribution in [0.2, 0.25) is 10.0 Å². The molecule has 1 aliphatic rings. The molecule has 0 fully saturated rings. The van der Waals surface area contributed by atoms with Gasteiger partial charge in [-0.25, -0.2) is 0 Å². The first-order valence-electron chi connectivity index (χ1n) is 6.05. The van der Waals surface area contributed by atoms with E-state index >= 15 is 0 Å². The van der Waals surface area contributed by atoms with Gasteiger partial charge in [-0.1, -0.05) is 53.1 Å². The van der Waals surface area contributed by atoms with E-state index < -0.39 is 0 Å². The number of rotatable bonds is 3. The molecule has 17 heavy (non-hydrogen) atoms. The lowest BCUT2D eigenvalue weighted by Gasteiger charge is -2.09. The highest BCUT2D eigenvalue weighted by Crippen LogP contribution is 2.24. The van der Waals surface area contributed by atoms with Crippen molar-refractivity contribution in [2.45, 2.75) is 32.1 Å². The first-order valence-corrected chi connectivity index (χ1v) is 6.81. The zero-order valence-electron chi connectivity index (χ0n) is 9.76. The molecular weight excluding hydrogens is 251 g/mol. The van der Waals surface area contributed by atoms with E-state index in [-0.39, 0.29) is 0 Å². The highest BCUT2D eigenvalue weighted by molar-refractivity contribution is 6.42. The van der Waals surface area contributed by atoms with Crippen molar-refractivity contribution in [1.82, 2.24) is 0 Å². The van der Waals surface area contributed by atoms with Crippen LogP contribution in [0.1, 0.15) is 37.7 Å². The fourth-order valence-corrected chi connectivity index (χ4v) is 2.36. The van der Waals surface area contributed by atoms with Gasteiger partial charge in [-0.2, -0.15) is 0 Å². The van der Waals surface area contributed by atoms with E-state index in [0.29, 0.717) is 10.0 Å². The molecule has 0 spiro atoms. The van der Waals surface area contributed by atoms with Crippen LogP contribution in [0.25, 0.3) is 6.08 Å². The van der Waals surface area contributed by atoms with E-state index in [9.17, 15) is 0 Å². The number of benzene rings is 1. The fraction of sp³-hybridized carbons (Fsp3) is 0.333. The van der Waals surface area contributed by atoms with Crippen LogP contribution in [0.15, 0.2) is 35.9 Å². The molecule has 0 radical (unpaired) electrons. The molecule has 0 saturated carbocycles. The summed E-state index contributed by atoms with van der Waals surface area (Å²) in [6.45, 7) is 0. The smallest absolute Gasteiger partial charge is 0.0598 e. The molecule has 0 atom stereocenters. The van der Waals surface area contributed by atoms with E-state index in [1.54, 1.807) is 5.57 Å². The van der Waals surface area contributed by atoms with Crippen LogP contribution in [0.3, 0.4) is 0 Å². The third-order valence-corrected chi connectivity index (χ3v) is 3.76. The number of allylic oxidation sites excluding steroid dienone is 3. The van der Waals surface area contributed by atoms with Gasteiger partial charge in [0.1, 0.15) is 0 Å². The molecule has 2 heteroatoms. The van der Waals surface area contributed by atoms with E-state index in [2.05, 4.69) is 18.2 Å². The summed E-state index contributed by atoms with van der Waals surface area (Å²) in [5.41, 5.74) is 2.67. The largest absolute Gasteiger partial charge is 0.0850 e. The third kappa shape index (κ3) is 3.90. The van der Waals surface area contributed by atoms with Crippen molar-refractivity contribution in [1.29, 1.82) is 0 Å². The minimum Gasteiger partial charge on any atom is -0.0850 e. The van der Waals surface area contributed by atoms with Gasteiger partial charge in [0.2, 0.25) is 0 Å². The Labute approximate surface area is 113 Å². The summed E-state index contributed by atoms with van der Waals surface area (Å²) in [6, 6.07) is 5.72. The van der Waals surface area contributed by atoms with E-state index in [0.717, 1.165) is 12.0 Å². The van der Waals surface area contributed by atoms with Crippen LogP contribution >= 0.6 is 23.2 Å². The second-order valence-corrected chi connectivity index (χ2v) is 5.20. The Morgan fingerprint density at radius 1 is 1.12 bits per heavy atom. The number of hydrogen-bond acceptors (Lipinski definition) is 0. The Balaban J connectivity index is 1.95.